The van der Waals surface area contributed by atoms with Crippen molar-refractivity contribution in [1.82, 2.24) is 15.0 Å². The Hall–Kier alpha value is -4.25. The normalized spacial score (nSPS) is 11.0. The second kappa shape index (κ2) is 7.17. The van der Waals surface area contributed by atoms with Gasteiger partial charge in [-0.15, -0.1) is 0 Å². The predicted molar refractivity (Wildman–Crippen MR) is 104 cm³/mol. The number of anilines is 1. The lowest BCUT2D eigenvalue weighted by atomic mass is 10.1. The average Bonchev–Trinajstić information content (AvgIpc) is 3.16. The van der Waals surface area contributed by atoms with Crippen LogP contribution in [-0.2, 0) is 0 Å². The van der Waals surface area contributed by atoms with E-state index < -0.39 is 5.56 Å². The molecule has 0 bridgehead atoms. The highest BCUT2D eigenvalue weighted by atomic mass is 19.1. The fraction of sp³-hybridized carbons (Fsp3) is 0. The topological polar surface area (TPSA) is 110 Å². The zero-order valence-electron chi connectivity index (χ0n) is 14.4. The first-order valence-electron chi connectivity index (χ1n) is 8.31. The summed E-state index contributed by atoms with van der Waals surface area (Å²) in [5.74, 6) is -0.317. The average molecular weight is 372 g/mol. The number of aromatic nitrogens is 3. The van der Waals surface area contributed by atoms with Crippen LogP contribution in [0.15, 0.2) is 64.6 Å². The van der Waals surface area contributed by atoms with E-state index in [0.717, 1.165) is 10.9 Å². The smallest absolute Gasteiger partial charge is 0.270 e. The van der Waals surface area contributed by atoms with Crippen LogP contribution < -0.4 is 11.0 Å². The quantitative estimate of drug-likeness (QED) is 0.377. The molecule has 0 amide bonds. The van der Waals surface area contributed by atoms with E-state index in [1.54, 1.807) is 36.5 Å². The Labute approximate surface area is 158 Å². The van der Waals surface area contributed by atoms with Gasteiger partial charge in [0.2, 0.25) is 5.95 Å². The summed E-state index contributed by atoms with van der Waals surface area (Å²) in [6.07, 6.45) is 3.13. The lowest BCUT2D eigenvalue weighted by Gasteiger charge is -2.06. The monoisotopic (exact) mass is 372 g/mol. The summed E-state index contributed by atoms with van der Waals surface area (Å²) in [7, 11) is 0. The summed E-state index contributed by atoms with van der Waals surface area (Å²) in [5, 5.41) is 14.0. The van der Waals surface area contributed by atoms with E-state index in [-0.39, 0.29) is 23.0 Å². The second-order valence-corrected chi connectivity index (χ2v) is 5.92. The minimum atomic E-state index is -0.577. The highest BCUT2D eigenvalue weighted by Gasteiger charge is 2.12. The van der Waals surface area contributed by atoms with E-state index in [4.69, 9.17) is 0 Å². The summed E-state index contributed by atoms with van der Waals surface area (Å²) < 4.78 is 13.7. The molecule has 0 aliphatic carbocycles. The highest BCUT2D eigenvalue weighted by Crippen LogP contribution is 2.20. The van der Waals surface area contributed by atoms with Gasteiger partial charge in [0, 0.05) is 22.7 Å². The van der Waals surface area contributed by atoms with E-state index in [1.165, 1.54) is 18.3 Å². The first kappa shape index (κ1) is 17.2. The van der Waals surface area contributed by atoms with Crippen molar-refractivity contribution >= 4 is 23.1 Å². The van der Waals surface area contributed by atoms with Gasteiger partial charge in [-0.05, 0) is 18.2 Å². The maximum atomic E-state index is 13.7. The molecule has 0 aliphatic heterocycles. The molecule has 3 N–H and O–H groups in total. The molecule has 0 fully saturated rings. The summed E-state index contributed by atoms with van der Waals surface area (Å²) >= 11 is 0. The number of nitrogens with zero attached hydrogens (tertiary/aromatic N) is 3. The van der Waals surface area contributed by atoms with Crippen LogP contribution in [0.2, 0.25) is 0 Å². The first-order chi connectivity index (χ1) is 13.7. The Morgan fingerprint density at radius 2 is 2.04 bits per heavy atom. The minimum Gasteiger partial charge on any atom is -0.361 e. The fourth-order valence-electron chi connectivity index (χ4n) is 2.86. The van der Waals surface area contributed by atoms with Crippen molar-refractivity contribution in [2.24, 2.45) is 5.10 Å². The number of nitrogens with one attached hydrogen (secondary N) is 3. The molecule has 0 saturated heterocycles. The molecule has 0 atom stereocenters. The Kier molecular flexibility index (Phi) is 4.40. The molecule has 0 aliphatic rings. The zero-order chi connectivity index (χ0) is 19.5. The molecule has 0 saturated carbocycles. The largest absolute Gasteiger partial charge is 0.361 e. The van der Waals surface area contributed by atoms with Crippen LogP contribution in [0.1, 0.15) is 11.1 Å². The molecule has 8 heteroatoms. The van der Waals surface area contributed by atoms with Crippen molar-refractivity contribution in [2.75, 3.05) is 5.43 Å². The summed E-state index contributed by atoms with van der Waals surface area (Å²) in [4.78, 5) is 22.0. The molecule has 4 rings (SSSR count). The number of rotatable bonds is 4. The fourth-order valence-corrected chi connectivity index (χ4v) is 2.86. The van der Waals surface area contributed by atoms with E-state index in [0.29, 0.717) is 11.1 Å². The lowest BCUT2D eigenvalue weighted by molar-refractivity contribution is 0.629. The third kappa shape index (κ3) is 3.24. The zero-order valence-corrected chi connectivity index (χ0v) is 14.4. The van der Waals surface area contributed by atoms with Crippen molar-refractivity contribution in [3.8, 4) is 17.3 Å². The number of benzene rings is 2. The number of nitriles is 1. The SMILES string of the molecule is N#Cc1c(-c2ccccc2)nc(NN=Cc2cc(F)cc3cc[nH]c23)[nH]c1=O. The molecular weight excluding hydrogens is 359 g/mol. The lowest BCUT2D eigenvalue weighted by Crippen LogP contribution is -2.16. The molecule has 7 nitrogen and oxygen atoms in total. The van der Waals surface area contributed by atoms with Gasteiger partial charge < -0.3 is 4.98 Å². The van der Waals surface area contributed by atoms with Crippen LogP contribution in [0.5, 0.6) is 0 Å². The molecular formula is C20H13FN6O. The third-order valence-electron chi connectivity index (χ3n) is 4.11. The maximum Gasteiger partial charge on any atom is 0.270 e. The van der Waals surface area contributed by atoms with Gasteiger partial charge >= 0.3 is 0 Å². The van der Waals surface area contributed by atoms with E-state index in [2.05, 4.69) is 25.5 Å². The van der Waals surface area contributed by atoms with Gasteiger partial charge in [0.25, 0.3) is 5.56 Å². The molecule has 2 aromatic heterocycles. The van der Waals surface area contributed by atoms with Crippen molar-refractivity contribution in [3.63, 3.8) is 0 Å². The maximum absolute atomic E-state index is 13.7. The standard InChI is InChI=1S/C20H13FN6O/c21-15-8-13-6-7-23-17(13)14(9-15)11-24-27-20-25-18(12-4-2-1-3-5-12)16(10-22)19(28)26-20/h1-9,11,23H,(H2,25,26,27,28). The Bertz CT molecular complexity index is 1280. The Morgan fingerprint density at radius 3 is 2.82 bits per heavy atom. The van der Waals surface area contributed by atoms with Gasteiger partial charge in [-0.3, -0.25) is 9.78 Å². The van der Waals surface area contributed by atoms with Crippen LogP contribution in [0.3, 0.4) is 0 Å². The number of halogens is 1. The van der Waals surface area contributed by atoms with Crippen LogP contribution in [0, 0.1) is 17.1 Å². The number of H-pyrrole nitrogens is 2. The first-order valence-corrected chi connectivity index (χ1v) is 8.31. The summed E-state index contributed by atoms with van der Waals surface area (Å²) in [6.45, 7) is 0. The molecule has 0 radical (unpaired) electrons. The van der Waals surface area contributed by atoms with Crippen molar-refractivity contribution in [2.45, 2.75) is 0 Å². The van der Waals surface area contributed by atoms with Gasteiger partial charge in [0.1, 0.15) is 17.4 Å². The predicted octanol–water partition coefficient (Wildman–Crippen LogP) is 3.37. The molecule has 2 heterocycles. The van der Waals surface area contributed by atoms with Crippen LogP contribution >= 0.6 is 0 Å². The van der Waals surface area contributed by atoms with E-state index in [1.807, 2.05) is 12.1 Å². The molecule has 2 aromatic carbocycles. The molecule has 4 aromatic rings. The van der Waals surface area contributed by atoms with Gasteiger partial charge in [-0.25, -0.2) is 14.8 Å². The molecule has 0 unspecified atom stereocenters. The Morgan fingerprint density at radius 1 is 1.21 bits per heavy atom. The second-order valence-electron chi connectivity index (χ2n) is 5.92. The van der Waals surface area contributed by atoms with E-state index >= 15 is 0 Å². The molecule has 136 valence electrons. The van der Waals surface area contributed by atoms with Crippen molar-refractivity contribution in [3.05, 3.63) is 82.0 Å². The minimum absolute atomic E-state index is 0.0678. The number of hydrazone groups is 1. The number of hydrogen-bond donors (Lipinski definition) is 3. The summed E-state index contributed by atoms with van der Waals surface area (Å²) in [5.41, 5.74) is 4.12. The van der Waals surface area contributed by atoms with Crippen LogP contribution in [0.25, 0.3) is 22.2 Å². The molecule has 28 heavy (non-hydrogen) atoms. The molecule has 0 spiro atoms. The third-order valence-corrected chi connectivity index (χ3v) is 4.11. The van der Waals surface area contributed by atoms with Crippen LogP contribution in [0.4, 0.5) is 10.3 Å². The van der Waals surface area contributed by atoms with Gasteiger partial charge in [-0.2, -0.15) is 10.4 Å². The van der Waals surface area contributed by atoms with Crippen molar-refractivity contribution < 1.29 is 4.39 Å². The summed E-state index contributed by atoms with van der Waals surface area (Å²) in [6, 6.07) is 15.3. The van der Waals surface area contributed by atoms with E-state index in [9.17, 15) is 14.4 Å². The van der Waals surface area contributed by atoms with Gasteiger partial charge in [-0.1, -0.05) is 30.3 Å². The number of aromatic amines is 2. The van der Waals surface area contributed by atoms with Gasteiger partial charge in [0.15, 0.2) is 0 Å². The van der Waals surface area contributed by atoms with Gasteiger partial charge in [0.05, 0.1) is 17.4 Å². The number of hydrogen-bond acceptors (Lipinski definition) is 5. The highest BCUT2D eigenvalue weighted by molar-refractivity contribution is 5.98. The Balaban J connectivity index is 1.68. The number of fused-ring (bicyclic) bond motifs is 1. The van der Waals surface area contributed by atoms with Crippen molar-refractivity contribution in [1.29, 1.82) is 5.26 Å². The van der Waals surface area contributed by atoms with Crippen LogP contribution in [-0.4, -0.2) is 21.2 Å².